The fraction of sp³-hybridized carbons (Fsp3) is 0.444. The smallest absolute Gasteiger partial charge is 0.191 e. The summed E-state index contributed by atoms with van der Waals surface area (Å²) >= 11 is 5.22. The standard InChI is InChI=1S/C18H25BrN4O2S/c1-6-20-18(22-10-16-11(2)23-12(3)26-16)21-9-13-7-14(19)17(25-5)15(8-13)24-4/h7-8H,6,9-10H2,1-5H3,(H2,20,21,22). The third-order valence-electron chi connectivity index (χ3n) is 3.67. The number of ether oxygens (including phenoxy) is 2. The molecule has 0 spiro atoms. The summed E-state index contributed by atoms with van der Waals surface area (Å²) in [5, 5.41) is 7.72. The fourth-order valence-electron chi connectivity index (χ4n) is 2.48. The van der Waals surface area contributed by atoms with Crippen molar-refractivity contribution in [2.45, 2.75) is 33.9 Å². The minimum Gasteiger partial charge on any atom is -0.493 e. The van der Waals surface area contributed by atoms with E-state index in [1.165, 1.54) is 4.88 Å². The molecule has 2 N–H and O–H groups in total. The Morgan fingerprint density at radius 1 is 1.23 bits per heavy atom. The second-order valence-corrected chi connectivity index (χ2v) is 7.75. The largest absolute Gasteiger partial charge is 0.493 e. The van der Waals surface area contributed by atoms with Gasteiger partial charge in [-0.1, -0.05) is 0 Å². The van der Waals surface area contributed by atoms with E-state index < -0.39 is 0 Å². The molecule has 0 unspecified atom stereocenters. The summed E-state index contributed by atoms with van der Waals surface area (Å²) in [6.45, 7) is 8.13. The molecule has 0 radical (unpaired) electrons. The summed E-state index contributed by atoms with van der Waals surface area (Å²) < 4.78 is 11.6. The van der Waals surface area contributed by atoms with Gasteiger partial charge in [-0.2, -0.15) is 0 Å². The van der Waals surface area contributed by atoms with Crippen molar-refractivity contribution in [2.75, 3.05) is 20.8 Å². The molecule has 0 bridgehead atoms. The highest BCUT2D eigenvalue weighted by molar-refractivity contribution is 9.10. The molecule has 6 nitrogen and oxygen atoms in total. The van der Waals surface area contributed by atoms with Gasteiger partial charge in [0, 0.05) is 11.4 Å². The van der Waals surface area contributed by atoms with Crippen LogP contribution in [-0.2, 0) is 13.1 Å². The fourth-order valence-corrected chi connectivity index (χ4v) is 4.00. The van der Waals surface area contributed by atoms with E-state index in [-0.39, 0.29) is 0 Å². The number of nitrogens with zero attached hydrogens (tertiary/aromatic N) is 2. The zero-order chi connectivity index (χ0) is 19.1. The number of hydrogen-bond donors (Lipinski definition) is 2. The van der Waals surface area contributed by atoms with Crippen molar-refractivity contribution in [1.29, 1.82) is 0 Å². The number of thiazole rings is 1. The van der Waals surface area contributed by atoms with Gasteiger partial charge >= 0.3 is 0 Å². The first-order valence-electron chi connectivity index (χ1n) is 8.34. The molecular weight excluding hydrogens is 416 g/mol. The molecule has 1 aromatic carbocycles. The van der Waals surface area contributed by atoms with Crippen LogP contribution in [0.1, 0.15) is 28.1 Å². The lowest BCUT2D eigenvalue weighted by atomic mass is 10.2. The van der Waals surface area contributed by atoms with Gasteiger partial charge in [-0.25, -0.2) is 9.98 Å². The summed E-state index contributed by atoms with van der Waals surface area (Å²) in [7, 11) is 3.25. The van der Waals surface area contributed by atoms with Gasteiger partial charge in [0.1, 0.15) is 0 Å². The molecule has 0 aliphatic rings. The molecule has 1 heterocycles. The highest BCUT2D eigenvalue weighted by Crippen LogP contribution is 2.36. The topological polar surface area (TPSA) is 67.8 Å². The Kier molecular flexibility index (Phi) is 7.71. The lowest BCUT2D eigenvalue weighted by Gasteiger charge is -2.13. The Labute approximate surface area is 167 Å². The molecule has 1 aromatic heterocycles. The zero-order valence-electron chi connectivity index (χ0n) is 15.8. The SMILES string of the molecule is CCNC(=NCc1cc(Br)c(OC)c(OC)c1)NCc1sc(C)nc1C. The van der Waals surface area contributed by atoms with Crippen LogP contribution < -0.4 is 20.1 Å². The molecule has 2 aromatic rings. The number of aryl methyl sites for hydroxylation is 2. The molecule has 0 aliphatic carbocycles. The number of guanidine groups is 1. The monoisotopic (exact) mass is 440 g/mol. The van der Waals surface area contributed by atoms with Gasteiger partial charge in [-0.05, 0) is 54.4 Å². The molecule has 0 saturated carbocycles. The van der Waals surface area contributed by atoms with Crippen LogP contribution in [0.25, 0.3) is 0 Å². The van der Waals surface area contributed by atoms with E-state index >= 15 is 0 Å². The van der Waals surface area contributed by atoms with Crippen LogP contribution in [0.15, 0.2) is 21.6 Å². The Morgan fingerprint density at radius 3 is 2.58 bits per heavy atom. The molecule has 0 aliphatic heterocycles. The van der Waals surface area contributed by atoms with Gasteiger partial charge in [0.2, 0.25) is 0 Å². The first-order valence-corrected chi connectivity index (χ1v) is 9.94. The maximum atomic E-state index is 5.39. The predicted molar refractivity (Wildman–Crippen MR) is 110 cm³/mol. The van der Waals surface area contributed by atoms with E-state index in [4.69, 9.17) is 9.47 Å². The normalized spacial score (nSPS) is 11.4. The van der Waals surface area contributed by atoms with Crippen LogP contribution in [0.4, 0.5) is 0 Å². The summed E-state index contributed by atoms with van der Waals surface area (Å²) in [6, 6.07) is 3.93. The van der Waals surface area contributed by atoms with Gasteiger partial charge in [-0.3, -0.25) is 0 Å². The Balaban J connectivity index is 2.11. The maximum Gasteiger partial charge on any atom is 0.191 e. The van der Waals surface area contributed by atoms with E-state index in [9.17, 15) is 0 Å². The van der Waals surface area contributed by atoms with Crippen LogP contribution in [-0.4, -0.2) is 31.7 Å². The van der Waals surface area contributed by atoms with E-state index in [0.29, 0.717) is 24.6 Å². The molecule has 0 atom stereocenters. The molecule has 8 heteroatoms. The van der Waals surface area contributed by atoms with Crippen molar-refractivity contribution < 1.29 is 9.47 Å². The number of rotatable bonds is 7. The van der Waals surface area contributed by atoms with Crippen LogP contribution >= 0.6 is 27.3 Å². The number of benzene rings is 1. The highest BCUT2D eigenvalue weighted by atomic mass is 79.9. The lowest BCUT2D eigenvalue weighted by molar-refractivity contribution is 0.352. The van der Waals surface area contributed by atoms with Gasteiger partial charge in [0.05, 0.1) is 42.5 Å². The summed E-state index contributed by atoms with van der Waals surface area (Å²) in [6.07, 6.45) is 0. The van der Waals surface area contributed by atoms with Crippen LogP contribution in [0.2, 0.25) is 0 Å². The summed E-state index contributed by atoms with van der Waals surface area (Å²) in [5.74, 6) is 2.13. The molecule has 0 fully saturated rings. The minimum absolute atomic E-state index is 0.523. The number of hydrogen-bond acceptors (Lipinski definition) is 5. The van der Waals surface area contributed by atoms with Gasteiger partial charge in [-0.15, -0.1) is 11.3 Å². The van der Waals surface area contributed by atoms with Crippen molar-refractivity contribution in [3.05, 3.63) is 37.7 Å². The molecule has 142 valence electrons. The Morgan fingerprint density at radius 2 is 2.00 bits per heavy atom. The van der Waals surface area contributed by atoms with E-state index in [1.807, 2.05) is 32.9 Å². The van der Waals surface area contributed by atoms with Crippen LogP contribution in [0.3, 0.4) is 0 Å². The summed E-state index contributed by atoms with van der Waals surface area (Å²) in [4.78, 5) is 10.4. The first-order chi connectivity index (χ1) is 12.5. The number of nitrogens with one attached hydrogen (secondary N) is 2. The lowest BCUT2D eigenvalue weighted by Crippen LogP contribution is -2.36. The van der Waals surface area contributed by atoms with Crippen molar-refractivity contribution in [2.24, 2.45) is 4.99 Å². The summed E-state index contributed by atoms with van der Waals surface area (Å²) in [5.41, 5.74) is 2.09. The third-order valence-corrected chi connectivity index (χ3v) is 5.34. The Hall–Kier alpha value is -1.80. The van der Waals surface area contributed by atoms with Crippen molar-refractivity contribution in [3.8, 4) is 11.5 Å². The van der Waals surface area contributed by atoms with Gasteiger partial charge < -0.3 is 20.1 Å². The molecule has 2 rings (SSSR count). The number of methoxy groups -OCH3 is 2. The molecule has 26 heavy (non-hydrogen) atoms. The van der Waals surface area contributed by atoms with Gasteiger partial charge in [0.25, 0.3) is 0 Å². The van der Waals surface area contributed by atoms with Crippen molar-refractivity contribution in [1.82, 2.24) is 15.6 Å². The first kappa shape index (κ1) is 20.5. The van der Waals surface area contributed by atoms with Gasteiger partial charge in [0.15, 0.2) is 17.5 Å². The highest BCUT2D eigenvalue weighted by Gasteiger charge is 2.11. The average molecular weight is 441 g/mol. The molecule has 0 amide bonds. The molecule has 0 saturated heterocycles. The minimum atomic E-state index is 0.523. The predicted octanol–water partition coefficient (Wildman–Crippen LogP) is 3.79. The Bertz CT molecular complexity index is 777. The number of halogens is 1. The number of aliphatic imine (C=N–C) groups is 1. The third kappa shape index (κ3) is 5.35. The number of aromatic nitrogens is 1. The maximum absolute atomic E-state index is 5.39. The molecular formula is C18H25BrN4O2S. The average Bonchev–Trinajstić information content (AvgIpc) is 2.94. The quantitative estimate of drug-likeness (QED) is 0.506. The second kappa shape index (κ2) is 9.78. The zero-order valence-corrected chi connectivity index (χ0v) is 18.2. The van der Waals surface area contributed by atoms with Crippen LogP contribution in [0.5, 0.6) is 11.5 Å². The van der Waals surface area contributed by atoms with Crippen LogP contribution in [0, 0.1) is 13.8 Å². The second-order valence-electron chi connectivity index (χ2n) is 5.60. The van der Waals surface area contributed by atoms with Crippen molar-refractivity contribution in [3.63, 3.8) is 0 Å². The van der Waals surface area contributed by atoms with E-state index in [2.05, 4.69) is 36.5 Å². The van der Waals surface area contributed by atoms with E-state index in [1.54, 1.807) is 25.6 Å². The van der Waals surface area contributed by atoms with E-state index in [0.717, 1.165) is 33.2 Å². The van der Waals surface area contributed by atoms with Crippen molar-refractivity contribution >= 4 is 33.2 Å².